The number of benzene rings is 1. The Hall–Kier alpha value is -2.20. The predicted octanol–water partition coefficient (Wildman–Crippen LogP) is 4.01. The van der Waals surface area contributed by atoms with E-state index in [0.29, 0.717) is 0 Å². The van der Waals surface area contributed by atoms with Gasteiger partial charge in [-0.3, -0.25) is 9.78 Å². The van der Waals surface area contributed by atoms with E-state index < -0.39 is 5.60 Å². The molecular formula is C21H26N2O2. The fourth-order valence-electron chi connectivity index (χ4n) is 3.57. The lowest BCUT2D eigenvalue weighted by atomic mass is 9.82. The first kappa shape index (κ1) is 17.6. The summed E-state index contributed by atoms with van der Waals surface area (Å²) in [7, 11) is 0. The number of nitrogens with zero attached hydrogens (tertiary/aromatic N) is 1. The second kappa shape index (κ2) is 7.79. The maximum absolute atomic E-state index is 12.3. The monoisotopic (exact) mass is 338 g/mol. The molecule has 4 nitrogen and oxygen atoms in total. The van der Waals surface area contributed by atoms with Crippen molar-refractivity contribution in [1.29, 1.82) is 0 Å². The Balaban J connectivity index is 1.59. The van der Waals surface area contributed by atoms with Gasteiger partial charge in [-0.05, 0) is 48.6 Å². The summed E-state index contributed by atoms with van der Waals surface area (Å²) in [5.74, 6) is -0.0740. The van der Waals surface area contributed by atoms with Gasteiger partial charge in [-0.2, -0.15) is 0 Å². The van der Waals surface area contributed by atoms with E-state index in [4.69, 9.17) is 0 Å². The Kier molecular flexibility index (Phi) is 5.49. The van der Waals surface area contributed by atoms with E-state index in [1.165, 1.54) is 0 Å². The van der Waals surface area contributed by atoms with Gasteiger partial charge in [0.25, 0.3) is 0 Å². The van der Waals surface area contributed by atoms with Crippen LogP contribution < -0.4 is 5.32 Å². The number of aliphatic hydroxyl groups is 1. The highest BCUT2D eigenvalue weighted by atomic mass is 16.3. The molecule has 1 aromatic carbocycles. The molecule has 2 N–H and O–H groups in total. The van der Waals surface area contributed by atoms with Gasteiger partial charge in [-0.1, -0.05) is 43.5 Å². The van der Waals surface area contributed by atoms with Gasteiger partial charge < -0.3 is 10.4 Å². The third-order valence-corrected chi connectivity index (χ3v) is 5.08. The molecule has 0 radical (unpaired) electrons. The summed E-state index contributed by atoms with van der Waals surface area (Å²) in [5, 5.41) is 13.5. The lowest BCUT2D eigenvalue weighted by molar-refractivity contribution is -0.128. The van der Waals surface area contributed by atoms with E-state index >= 15 is 0 Å². The van der Waals surface area contributed by atoms with Crippen LogP contribution in [0.4, 0.5) is 0 Å². The minimum atomic E-state index is -0.812. The zero-order valence-corrected chi connectivity index (χ0v) is 14.7. The van der Waals surface area contributed by atoms with Crippen molar-refractivity contribution in [3.05, 3.63) is 54.4 Å². The van der Waals surface area contributed by atoms with Crippen LogP contribution in [0.25, 0.3) is 11.1 Å². The lowest BCUT2D eigenvalue weighted by Crippen LogP contribution is -2.39. The molecule has 1 aliphatic rings. The number of aromatic nitrogens is 1. The van der Waals surface area contributed by atoms with Crippen molar-refractivity contribution >= 4 is 5.91 Å². The van der Waals surface area contributed by atoms with Gasteiger partial charge in [-0.15, -0.1) is 0 Å². The molecule has 1 atom stereocenters. The SMILES string of the molecule is CC(NC(=O)CC1(O)CCCCC1)c1ccc(-c2ccncc2)cc1. The maximum atomic E-state index is 12.3. The Morgan fingerprint density at radius 3 is 2.32 bits per heavy atom. The molecule has 0 aliphatic heterocycles. The largest absolute Gasteiger partial charge is 0.389 e. The molecule has 132 valence electrons. The second-order valence-electron chi connectivity index (χ2n) is 7.11. The quantitative estimate of drug-likeness (QED) is 0.866. The van der Waals surface area contributed by atoms with Crippen LogP contribution in [0, 0.1) is 0 Å². The Morgan fingerprint density at radius 1 is 1.08 bits per heavy atom. The number of amides is 1. The van der Waals surface area contributed by atoms with Crippen LogP contribution in [-0.4, -0.2) is 21.6 Å². The first-order chi connectivity index (χ1) is 12.1. The second-order valence-corrected chi connectivity index (χ2v) is 7.11. The molecule has 1 unspecified atom stereocenters. The minimum Gasteiger partial charge on any atom is -0.389 e. The number of pyridine rings is 1. The van der Waals surface area contributed by atoms with Crippen molar-refractivity contribution in [2.75, 3.05) is 0 Å². The first-order valence-electron chi connectivity index (χ1n) is 9.08. The number of hydrogen-bond donors (Lipinski definition) is 2. The van der Waals surface area contributed by atoms with Crippen molar-refractivity contribution in [2.45, 2.75) is 57.1 Å². The average Bonchev–Trinajstić information content (AvgIpc) is 2.62. The summed E-state index contributed by atoms with van der Waals surface area (Å²) in [6, 6.07) is 12.1. The van der Waals surface area contributed by atoms with Gasteiger partial charge in [0.05, 0.1) is 18.1 Å². The van der Waals surface area contributed by atoms with Crippen molar-refractivity contribution in [3.63, 3.8) is 0 Å². The van der Waals surface area contributed by atoms with Gasteiger partial charge in [0, 0.05) is 12.4 Å². The lowest BCUT2D eigenvalue weighted by Gasteiger charge is -2.31. The molecule has 0 bridgehead atoms. The zero-order chi connectivity index (χ0) is 17.7. The summed E-state index contributed by atoms with van der Waals surface area (Å²) in [4.78, 5) is 16.3. The van der Waals surface area contributed by atoms with Gasteiger partial charge in [0.15, 0.2) is 0 Å². The highest BCUT2D eigenvalue weighted by Crippen LogP contribution is 2.31. The summed E-state index contributed by atoms with van der Waals surface area (Å²) in [5.41, 5.74) is 2.49. The molecule has 0 saturated heterocycles. The number of rotatable bonds is 5. The number of nitrogens with one attached hydrogen (secondary N) is 1. The summed E-state index contributed by atoms with van der Waals surface area (Å²) >= 11 is 0. The molecule has 1 aromatic heterocycles. The molecule has 3 rings (SSSR count). The molecule has 2 aromatic rings. The van der Waals surface area contributed by atoms with Crippen LogP contribution in [-0.2, 0) is 4.79 Å². The Morgan fingerprint density at radius 2 is 1.68 bits per heavy atom. The normalized spacial score (nSPS) is 17.7. The summed E-state index contributed by atoms with van der Waals surface area (Å²) in [6.45, 7) is 1.98. The minimum absolute atomic E-state index is 0.0740. The van der Waals surface area contributed by atoms with Crippen LogP contribution in [0.1, 0.15) is 57.1 Å². The van der Waals surface area contributed by atoms with Crippen molar-refractivity contribution < 1.29 is 9.90 Å². The van der Waals surface area contributed by atoms with Crippen LogP contribution in [0.5, 0.6) is 0 Å². The number of carbonyl (C=O) groups is 1. The van der Waals surface area contributed by atoms with Gasteiger partial charge in [-0.25, -0.2) is 0 Å². The van der Waals surface area contributed by atoms with Gasteiger partial charge in [0.1, 0.15) is 0 Å². The van der Waals surface area contributed by atoms with E-state index in [1.807, 2.05) is 31.2 Å². The topological polar surface area (TPSA) is 62.2 Å². The van der Waals surface area contributed by atoms with Crippen LogP contribution in [0.15, 0.2) is 48.8 Å². The zero-order valence-electron chi connectivity index (χ0n) is 14.7. The molecule has 1 amide bonds. The highest BCUT2D eigenvalue weighted by molar-refractivity contribution is 5.77. The molecule has 1 heterocycles. The third kappa shape index (κ3) is 4.67. The van der Waals surface area contributed by atoms with Gasteiger partial charge in [0.2, 0.25) is 5.91 Å². The van der Waals surface area contributed by atoms with Crippen LogP contribution in [0.2, 0.25) is 0 Å². The Labute approximate surface area is 149 Å². The fourth-order valence-corrected chi connectivity index (χ4v) is 3.57. The van der Waals surface area contributed by atoms with Crippen LogP contribution >= 0.6 is 0 Å². The summed E-state index contributed by atoms with van der Waals surface area (Å²) in [6.07, 6.45) is 8.40. The first-order valence-corrected chi connectivity index (χ1v) is 9.08. The molecular weight excluding hydrogens is 312 g/mol. The van der Waals surface area contributed by atoms with E-state index in [-0.39, 0.29) is 18.4 Å². The molecule has 1 aliphatic carbocycles. The molecule has 1 fully saturated rings. The maximum Gasteiger partial charge on any atom is 0.223 e. The van der Waals surface area contributed by atoms with E-state index in [0.717, 1.165) is 48.8 Å². The average molecular weight is 338 g/mol. The molecule has 0 spiro atoms. The van der Waals surface area contributed by atoms with E-state index in [9.17, 15) is 9.90 Å². The van der Waals surface area contributed by atoms with E-state index in [2.05, 4.69) is 22.4 Å². The van der Waals surface area contributed by atoms with Crippen molar-refractivity contribution in [2.24, 2.45) is 0 Å². The Bertz CT molecular complexity index is 692. The van der Waals surface area contributed by atoms with Gasteiger partial charge >= 0.3 is 0 Å². The van der Waals surface area contributed by atoms with Crippen molar-refractivity contribution in [3.8, 4) is 11.1 Å². The fraction of sp³-hybridized carbons (Fsp3) is 0.429. The van der Waals surface area contributed by atoms with Crippen molar-refractivity contribution in [1.82, 2.24) is 10.3 Å². The smallest absolute Gasteiger partial charge is 0.223 e. The number of carbonyl (C=O) groups excluding carboxylic acids is 1. The molecule has 4 heteroatoms. The highest BCUT2D eigenvalue weighted by Gasteiger charge is 2.31. The summed E-state index contributed by atoms with van der Waals surface area (Å²) < 4.78 is 0. The number of hydrogen-bond acceptors (Lipinski definition) is 3. The van der Waals surface area contributed by atoms with E-state index in [1.54, 1.807) is 12.4 Å². The van der Waals surface area contributed by atoms with Crippen LogP contribution in [0.3, 0.4) is 0 Å². The third-order valence-electron chi connectivity index (χ3n) is 5.08. The molecule has 25 heavy (non-hydrogen) atoms. The standard InChI is InChI=1S/C21H26N2O2/c1-16(23-20(24)15-21(25)11-3-2-4-12-21)17-5-7-18(8-6-17)19-9-13-22-14-10-19/h5-10,13-14,16,25H,2-4,11-12,15H2,1H3,(H,23,24). The molecule has 1 saturated carbocycles. The predicted molar refractivity (Wildman–Crippen MR) is 98.9 cm³/mol.